The Morgan fingerprint density at radius 3 is 1.83 bits per heavy atom. The Morgan fingerprint density at radius 1 is 1.17 bits per heavy atom. The zero-order valence-corrected chi connectivity index (χ0v) is 5.39. The van der Waals surface area contributed by atoms with Crippen molar-refractivity contribution in [3.63, 3.8) is 0 Å². The van der Waals surface area contributed by atoms with Gasteiger partial charge in [-0.2, -0.15) is 0 Å². The van der Waals surface area contributed by atoms with Crippen LogP contribution in [0.1, 0.15) is 25.7 Å². The van der Waals surface area contributed by atoms with E-state index in [-0.39, 0.29) is 0 Å². The first kappa shape index (κ1) is 4.74. The van der Waals surface area contributed by atoms with Gasteiger partial charge in [-0.25, -0.2) is 0 Å². The standard InChI is InChI=1S/C5H8.Ti/c1-2-4-5-3-1;/h1-4H2;. The fourth-order valence-electron chi connectivity index (χ4n) is 0.802. The van der Waals surface area contributed by atoms with Gasteiger partial charge in [0.2, 0.25) is 0 Å². The molecule has 0 aromatic rings. The molecule has 0 nitrogen and oxygen atoms in total. The zero-order valence-electron chi connectivity index (χ0n) is 3.83. The molecule has 1 aliphatic rings. The molecule has 6 heavy (non-hydrogen) atoms. The third kappa shape index (κ3) is 1.02. The summed E-state index contributed by atoms with van der Waals surface area (Å²) in [6.45, 7) is 0. The maximum absolute atomic E-state index is 2.26. The van der Waals surface area contributed by atoms with Gasteiger partial charge in [0, 0.05) is 0 Å². The summed E-state index contributed by atoms with van der Waals surface area (Å²) in [6.07, 6.45) is 5.71. The van der Waals surface area contributed by atoms with E-state index in [0.29, 0.717) is 0 Å². The Kier molecular flexibility index (Phi) is 1.61. The quantitative estimate of drug-likeness (QED) is 0.418. The molecule has 0 unspecified atom stereocenters. The molecule has 0 aromatic heterocycles. The van der Waals surface area contributed by atoms with Gasteiger partial charge in [0.1, 0.15) is 0 Å². The molecule has 0 atom stereocenters. The van der Waals surface area contributed by atoms with Gasteiger partial charge in [-0.05, 0) is 0 Å². The van der Waals surface area contributed by atoms with E-state index in [0.717, 1.165) is 0 Å². The monoisotopic (exact) mass is 116 g/mol. The molecular formula is C5H8Ti. The molecule has 0 bridgehead atoms. The van der Waals surface area contributed by atoms with Crippen LogP contribution >= 0.6 is 0 Å². The van der Waals surface area contributed by atoms with Crippen LogP contribution in [0.15, 0.2) is 0 Å². The van der Waals surface area contributed by atoms with Crippen molar-refractivity contribution in [1.82, 2.24) is 0 Å². The summed E-state index contributed by atoms with van der Waals surface area (Å²) in [7, 11) is 0. The van der Waals surface area contributed by atoms with Gasteiger partial charge in [0.25, 0.3) is 0 Å². The fraction of sp³-hybridized carbons (Fsp3) is 0.800. The van der Waals surface area contributed by atoms with Gasteiger partial charge in [-0.15, -0.1) is 0 Å². The van der Waals surface area contributed by atoms with E-state index >= 15 is 0 Å². The molecule has 0 aliphatic heterocycles. The summed E-state index contributed by atoms with van der Waals surface area (Å²) in [4.78, 5) is 0. The first-order chi connectivity index (χ1) is 2.89. The molecule has 1 fully saturated rings. The van der Waals surface area contributed by atoms with Crippen molar-refractivity contribution in [3.05, 3.63) is 0 Å². The summed E-state index contributed by atoms with van der Waals surface area (Å²) in [5.74, 6) is 0. The molecule has 0 radical (unpaired) electrons. The number of rotatable bonds is 0. The maximum atomic E-state index is 2.26. The molecule has 0 amide bonds. The topological polar surface area (TPSA) is 0 Å². The van der Waals surface area contributed by atoms with Gasteiger partial charge in [-0.3, -0.25) is 0 Å². The fourth-order valence-corrected chi connectivity index (χ4v) is 1.35. The third-order valence-electron chi connectivity index (χ3n) is 1.21. The zero-order chi connectivity index (χ0) is 4.41. The Balaban J connectivity index is 2.37. The summed E-state index contributed by atoms with van der Waals surface area (Å²) in [5.41, 5.74) is 0. The Labute approximate surface area is 49.8 Å². The first-order valence-electron chi connectivity index (χ1n) is 2.46. The SMILES string of the molecule is [Ti]=[C]1CCCC1. The molecule has 0 heterocycles. The molecule has 1 aliphatic carbocycles. The van der Waals surface area contributed by atoms with Crippen molar-refractivity contribution in [2.75, 3.05) is 0 Å². The van der Waals surface area contributed by atoms with Gasteiger partial charge in [0.05, 0.1) is 0 Å². The van der Waals surface area contributed by atoms with Crippen LogP contribution in [-0.4, -0.2) is 3.81 Å². The third-order valence-corrected chi connectivity index (χ3v) is 1.99. The van der Waals surface area contributed by atoms with E-state index in [9.17, 15) is 0 Å². The molecular weight excluding hydrogens is 108 g/mol. The Morgan fingerprint density at radius 2 is 1.67 bits per heavy atom. The van der Waals surface area contributed by atoms with Crippen LogP contribution in [0.25, 0.3) is 0 Å². The number of hydrogen-bond acceptors (Lipinski definition) is 0. The van der Waals surface area contributed by atoms with Crippen LogP contribution in [0.4, 0.5) is 0 Å². The summed E-state index contributed by atoms with van der Waals surface area (Å²) < 4.78 is 1.70. The average Bonchev–Trinajstić information content (AvgIpc) is 1.86. The van der Waals surface area contributed by atoms with E-state index < -0.39 is 0 Å². The molecule has 32 valence electrons. The van der Waals surface area contributed by atoms with E-state index in [4.69, 9.17) is 0 Å². The van der Waals surface area contributed by atoms with Crippen LogP contribution < -0.4 is 0 Å². The second kappa shape index (κ2) is 2.04. The average molecular weight is 116 g/mol. The second-order valence-corrected chi connectivity index (χ2v) is 2.91. The van der Waals surface area contributed by atoms with Crippen LogP contribution in [0, 0.1) is 0 Å². The van der Waals surface area contributed by atoms with E-state index in [1.807, 2.05) is 0 Å². The second-order valence-electron chi connectivity index (χ2n) is 1.81. The van der Waals surface area contributed by atoms with Crippen LogP contribution in [0.5, 0.6) is 0 Å². The molecule has 0 N–H and O–H groups in total. The normalized spacial score (nSPS) is 22.2. The Hall–Kier alpha value is 0.584. The molecule has 1 rings (SSSR count). The van der Waals surface area contributed by atoms with E-state index in [1.54, 1.807) is 3.81 Å². The van der Waals surface area contributed by atoms with Crippen LogP contribution in [0.2, 0.25) is 0 Å². The predicted octanol–water partition coefficient (Wildman–Crippen LogP) is 1.28. The van der Waals surface area contributed by atoms with Gasteiger partial charge in [0.15, 0.2) is 0 Å². The first-order valence-corrected chi connectivity index (χ1v) is 3.24. The van der Waals surface area contributed by atoms with Crippen molar-refractivity contribution < 1.29 is 20.0 Å². The Bertz CT molecular complexity index is 58.3. The van der Waals surface area contributed by atoms with Crippen LogP contribution in [-0.2, 0) is 20.0 Å². The minimum atomic E-state index is 1.40. The van der Waals surface area contributed by atoms with E-state index in [2.05, 4.69) is 20.0 Å². The van der Waals surface area contributed by atoms with Gasteiger partial charge >= 0.3 is 49.5 Å². The molecule has 1 saturated carbocycles. The number of hydrogen-bond donors (Lipinski definition) is 0. The molecule has 1 heteroatoms. The summed E-state index contributed by atoms with van der Waals surface area (Å²) >= 11 is 2.26. The molecule has 0 aromatic carbocycles. The van der Waals surface area contributed by atoms with Crippen molar-refractivity contribution in [1.29, 1.82) is 0 Å². The minimum absolute atomic E-state index is 1.40. The molecule has 0 saturated heterocycles. The van der Waals surface area contributed by atoms with Crippen molar-refractivity contribution in [2.45, 2.75) is 25.7 Å². The summed E-state index contributed by atoms with van der Waals surface area (Å²) in [5, 5.41) is 0. The van der Waals surface area contributed by atoms with Gasteiger partial charge in [-0.1, -0.05) is 0 Å². The van der Waals surface area contributed by atoms with Crippen molar-refractivity contribution in [3.8, 4) is 0 Å². The van der Waals surface area contributed by atoms with E-state index in [1.165, 1.54) is 25.7 Å². The van der Waals surface area contributed by atoms with Crippen molar-refractivity contribution in [2.24, 2.45) is 0 Å². The van der Waals surface area contributed by atoms with Crippen molar-refractivity contribution >= 4 is 3.81 Å². The molecule has 0 spiro atoms. The van der Waals surface area contributed by atoms with Gasteiger partial charge < -0.3 is 0 Å². The van der Waals surface area contributed by atoms with Crippen LogP contribution in [0.3, 0.4) is 0 Å². The summed E-state index contributed by atoms with van der Waals surface area (Å²) in [6, 6.07) is 0. The predicted molar refractivity (Wildman–Crippen MR) is 23.5 cm³/mol.